The molecule has 2 atom stereocenters. The molecule has 118 valence electrons. The number of nitrogens with one attached hydrogen (secondary N) is 2. The van der Waals surface area contributed by atoms with E-state index in [1.807, 2.05) is 0 Å². The number of H-pyrrole nitrogens is 1. The van der Waals surface area contributed by atoms with Crippen molar-refractivity contribution < 1.29 is 0 Å². The van der Waals surface area contributed by atoms with Crippen LogP contribution in [0.4, 0.5) is 0 Å². The molecule has 0 spiro atoms. The van der Waals surface area contributed by atoms with E-state index in [4.69, 9.17) is 0 Å². The Balaban J connectivity index is 2.11. The Morgan fingerprint density at radius 3 is 2.90 bits per heavy atom. The normalized spacial score (nSPS) is 23.0. The Morgan fingerprint density at radius 1 is 1.33 bits per heavy atom. The third-order valence-corrected chi connectivity index (χ3v) is 5.24. The lowest BCUT2D eigenvalue weighted by Gasteiger charge is -2.24. The zero-order valence-electron chi connectivity index (χ0n) is 13.2. The zero-order valence-corrected chi connectivity index (χ0v) is 14.0. The largest absolute Gasteiger partial charge is 0.313 e. The van der Waals surface area contributed by atoms with Gasteiger partial charge in [0.1, 0.15) is 0 Å². The minimum absolute atomic E-state index is 0.0235. The van der Waals surface area contributed by atoms with Gasteiger partial charge in [-0.3, -0.25) is 4.79 Å². The lowest BCUT2D eigenvalue weighted by molar-refractivity contribution is 0.482. The van der Waals surface area contributed by atoms with E-state index in [2.05, 4.69) is 29.1 Å². The maximum atomic E-state index is 11.8. The van der Waals surface area contributed by atoms with Crippen molar-refractivity contribution in [3.8, 4) is 0 Å². The topological polar surface area (TPSA) is 57.8 Å². The highest BCUT2D eigenvalue weighted by Crippen LogP contribution is 2.31. The van der Waals surface area contributed by atoms with Gasteiger partial charge in [-0.15, -0.1) is 0 Å². The van der Waals surface area contributed by atoms with Crippen LogP contribution >= 0.6 is 11.8 Å². The second-order valence-corrected chi connectivity index (χ2v) is 6.98. The molecule has 2 rings (SSSR count). The number of aromatic amines is 1. The number of hydrogen-bond donors (Lipinski definition) is 2. The molecule has 0 bridgehead atoms. The van der Waals surface area contributed by atoms with Crippen molar-refractivity contribution in [1.82, 2.24) is 15.3 Å². The summed E-state index contributed by atoms with van der Waals surface area (Å²) in [5.74, 6) is 0. The third kappa shape index (κ3) is 5.15. The molecule has 1 aromatic heterocycles. The van der Waals surface area contributed by atoms with Crippen LogP contribution in [0.5, 0.6) is 0 Å². The molecule has 21 heavy (non-hydrogen) atoms. The maximum Gasteiger partial charge on any atom is 0.251 e. The van der Waals surface area contributed by atoms with Crippen LogP contribution in [0.2, 0.25) is 0 Å². The summed E-state index contributed by atoms with van der Waals surface area (Å²) in [5, 5.41) is 4.91. The van der Waals surface area contributed by atoms with E-state index in [0.29, 0.717) is 11.3 Å². The minimum Gasteiger partial charge on any atom is -0.313 e. The Labute approximate surface area is 131 Å². The van der Waals surface area contributed by atoms with E-state index in [-0.39, 0.29) is 5.56 Å². The number of aromatic nitrogens is 2. The predicted molar refractivity (Wildman–Crippen MR) is 89.0 cm³/mol. The molecule has 4 nitrogen and oxygen atoms in total. The van der Waals surface area contributed by atoms with Gasteiger partial charge in [0, 0.05) is 23.1 Å². The van der Waals surface area contributed by atoms with E-state index < -0.39 is 0 Å². The summed E-state index contributed by atoms with van der Waals surface area (Å²) in [4.78, 5) is 19.3. The van der Waals surface area contributed by atoms with Crippen LogP contribution in [-0.2, 0) is 6.42 Å². The lowest BCUT2D eigenvalue weighted by atomic mass is 10.1. The minimum atomic E-state index is -0.0235. The molecule has 1 aliphatic carbocycles. The average molecular weight is 309 g/mol. The van der Waals surface area contributed by atoms with Gasteiger partial charge in [0.05, 0.1) is 0 Å². The molecule has 0 radical (unpaired) electrons. The zero-order chi connectivity index (χ0) is 15.1. The molecule has 0 aromatic carbocycles. The van der Waals surface area contributed by atoms with Crippen molar-refractivity contribution >= 4 is 11.8 Å². The standard InChI is InChI=1S/C16H27N3OS/c1-3-8-12-11-15(20)19-16(18-12)21-14-10-7-5-6-9-13(14)17-4-2/h11,13-14,17H,3-10H2,1-2H3,(H,18,19,20). The van der Waals surface area contributed by atoms with Gasteiger partial charge in [-0.1, -0.05) is 51.3 Å². The first-order valence-corrected chi connectivity index (χ1v) is 9.11. The van der Waals surface area contributed by atoms with Gasteiger partial charge in [0.2, 0.25) is 0 Å². The molecule has 1 aliphatic rings. The predicted octanol–water partition coefficient (Wildman–Crippen LogP) is 3.13. The molecule has 2 unspecified atom stereocenters. The second-order valence-electron chi connectivity index (χ2n) is 5.75. The Kier molecular flexibility index (Phi) is 6.77. The number of thioether (sulfide) groups is 1. The van der Waals surface area contributed by atoms with Crippen molar-refractivity contribution in [2.24, 2.45) is 0 Å². The first kappa shape index (κ1) is 16.6. The Hall–Kier alpha value is -0.810. The van der Waals surface area contributed by atoms with Crippen molar-refractivity contribution in [3.05, 3.63) is 22.1 Å². The summed E-state index contributed by atoms with van der Waals surface area (Å²) in [6.45, 7) is 5.28. The molecule has 1 saturated carbocycles. The van der Waals surface area contributed by atoms with Gasteiger partial charge in [0.15, 0.2) is 5.16 Å². The molecule has 0 saturated heterocycles. The molecule has 1 aromatic rings. The molecule has 0 amide bonds. The van der Waals surface area contributed by atoms with Crippen LogP contribution in [0.25, 0.3) is 0 Å². The number of rotatable bonds is 6. The fraction of sp³-hybridized carbons (Fsp3) is 0.750. The van der Waals surface area contributed by atoms with Crippen LogP contribution in [0.1, 0.15) is 58.1 Å². The maximum absolute atomic E-state index is 11.8. The van der Waals surface area contributed by atoms with Crippen LogP contribution in [-0.4, -0.2) is 27.8 Å². The summed E-state index contributed by atoms with van der Waals surface area (Å²) >= 11 is 1.75. The molecule has 1 heterocycles. The van der Waals surface area contributed by atoms with E-state index in [0.717, 1.165) is 30.2 Å². The van der Waals surface area contributed by atoms with Crippen LogP contribution < -0.4 is 10.9 Å². The van der Waals surface area contributed by atoms with Gasteiger partial charge in [-0.25, -0.2) is 4.98 Å². The fourth-order valence-corrected chi connectivity index (χ4v) is 4.27. The number of hydrogen-bond acceptors (Lipinski definition) is 4. The number of nitrogens with zero attached hydrogens (tertiary/aromatic N) is 1. The third-order valence-electron chi connectivity index (χ3n) is 3.96. The Morgan fingerprint density at radius 2 is 2.14 bits per heavy atom. The van der Waals surface area contributed by atoms with Gasteiger partial charge < -0.3 is 10.3 Å². The second kappa shape index (κ2) is 8.59. The van der Waals surface area contributed by atoms with Crippen molar-refractivity contribution in [2.75, 3.05) is 6.54 Å². The van der Waals surface area contributed by atoms with Crippen LogP contribution in [0, 0.1) is 0 Å². The summed E-state index contributed by atoms with van der Waals surface area (Å²) in [5.41, 5.74) is 0.891. The van der Waals surface area contributed by atoms with E-state index in [1.165, 1.54) is 32.1 Å². The number of aryl methyl sites for hydroxylation is 1. The summed E-state index contributed by atoms with van der Waals surface area (Å²) in [6.07, 6.45) is 8.21. The SMILES string of the molecule is CCCc1cc(=O)[nH]c(SC2CCCCCC2NCC)n1. The first-order valence-electron chi connectivity index (χ1n) is 8.23. The van der Waals surface area contributed by atoms with Crippen molar-refractivity contribution in [2.45, 2.75) is 75.2 Å². The quantitative estimate of drug-likeness (QED) is 0.626. The van der Waals surface area contributed by atoms with Gasteiger partial charge in [-0.2, -0.15) is 0 Å². The van der Waals surface area contributed by atoms with Crippen LogP contribution in [0.3, 0.4) is 0 Å². The van der Waals surface area contributed by atoms with Crippen molar-refractivity contribution in [1.29, 1.82) is 0 Å². The molecule has 2 N–H and O–H groups in total. The summed E-state index contributed by atoms with van der Waals surface area (Å²) in [7, 11) is 0. The van der Waals surface area contributed by atoms with E-state index in [1.54, 1.807) is 17.8 Å². The first-order chi connectivity index (χ1) is 10.2. The average Bonchev–Trinajstić information content (AvgIpc) is 2.65. The molecule has 5 heteroatoms. The summed E-state index contributed by atoms with van der Waals surface area (Å²) in [6, 6.07) is 2.16. The summed E-state index contributed by atoms with van der Waals surface area (Å²) < 4.78 is 0. The Bertz CT molecular complexity index is 489. The molecular weight excluding hydrogens is 282 g/mol. The monoisotopic (exact) mass is 309 g/mol. The van der Waals surface area contributed by atoms with Gasteiger partial charge >= 0.3 is 0 Å². The van der Waals surface area contributed by atoms with Crippen LogP contribution in [0.15, 0.2) is 16.0 Å². The lowest BCUT2D eigenvalue weighted by Crippen LogP contribution is -2.37. The highest BCUT2D eigenvalue weighted by molar-refractivity contribution is 7.99. The van der Waals surface area contributed by atoms with Gasteiger partial charge in [0.25, 0.3) is 5.56 Å². The fourth-order valence-electron chi connectivity index (χ4n) is 2.98. The highest BCUT2D eigenvalue weighted by atomic mass is 32.2. The van der Waals surface area contributed by atoms with Gasteiger partial charge in [-0.05, 0) is 25.8 Å². The van der Waals surface area contributed by atoms with E-state index >= 15 is 0 Å². The highest BCUT2D eigenvalue weighted by Gasteiger charge is 2.24. The van der Waals surface area contributed by atoms with Crippen molar-refractivity contribution in [3.63, 3.8) is 0 Å². The smallest absolute Gasteiger partial charge is 0.251 e. The van der Waals surface area contributed by atoms with E-state index in [9.17, 15) is 4.79 Å². The molecule has 0 aliphatic heterocycles. The molecular formula is C16H27N3OS. The molecule has 1 fully saturated rings.